The fraction of sp³-hybridized carbons (Fsp3) is 0.381. The molecule has 33 heavy (non-hydrogen) atoms. The van der Waals surface area contributed by atoms with E-state index < -0.39 is 75.5 Å². The summed E-state index contributed by atoms with van der Waals surface area (Å²) in [5.41, 5.74) is 0.845. The molecular weight excluding hydrogens is 479 g/mol. The summed E-state index contributed by atoms with van der Waals surface area (Å²) in [6.45, 7) is 0. The largest absolute Gasteiger partial charge is 0.508 e. The van der Waals surface area contributed by atoms with E-state index >= 15 is 0 Å². The smallest absolute Gasteiger partial charge is 0.255 e. The average molecular weight is 501 g/mol. The third-order valence-electron chi connectivity index (χ3n) is 6.64. The Morgan fingerprint density at radius 3 is 2.36 bits per heavy atom. The van der Waals surface area contributed by atoms with Crippen molar-refractivity contribution in [3.63, 3.8) is 0 Å². The first-order chi connectivity index (χ1) is 14.8. The Hall–Kier alpha value is -2.63. The van der Waals surface area contributed by atoms with Crippen LogP contribution in [0.5, 0.6) is 5.75 Å². The fourth-order valence-electron chi connectivity index (χ4n) is 5.24. The van der Waals surface area contributed by atoms with E-state index in [1.54, 1.807) is 0 Å². The van der Waals surface area contributed by atoms with E-state index in [-0.39, 0.29) is 35.0 Å². The maximum Gasteiger partial charge on any atom is 0.255 e. The van der Waals surface area contributed by atoms with Crippen LogP contribution in [0.4, 0.5) is 0 Å². The van der Waals surface area contributed by atoms with Crippen LogP contribution < -0.4 is 5.73 Å². The van der Waals surface area contributed by atoms with Gasteiger partial charge in [0.2, 0.25) is 5.78 Å². The number of primary amides is 1. The highest BCUT2D eigenvalue weighted by Gasteiger charge is 2.65. The third kappa shape index (κ3) is 3.09. The molecule has 1 amide bonds. The van der Waals surface area contributed by atoms with Crippen molar-refractivity contribution in [3.05, 3.63) is 45.2 Å². The number of rotatable bonds is 2. The van der Waals surface area contributed by atoms with Crippen molar-refractivity contribution in [1.29, 1.82) is 0 Å². The molecule has 0 aromatic heterocycles. The van der Waals surface area contributed by atoms with Gasteiger partial charge in [0, 0.05) is 28.0 Å². The summed E-state index contributed by atoms with van der Waals surface area (Å²) in [6, 6.07) is 1.25. The van der Waals surface area contributed by atoms with Gasteiger partial charge in [0.15, 0.2) is 11.4 Å². The minimum absolute atomic E-state index is 0. The Kier molecular flexibility index (Phi) is 6.06. The summed E-state index contributed by atoms with van der Waals surface area (Å²) in [5, 5.41) is 54.4. The number of phenolic OH excluding ortho intramolecular Hbond substituents is 1. The number of nitrogens with zero attached hydrogens (tertiary/aromatic N) is 1. The van der Waals surface area contributed by atoms with Crippen molar-refractivity contribution < 1.29 is 39.9 Å². The number of likely N-dealkylation sites (N-methyl/N-ethyl adjacent to an activating group) is 1. The van der Waals surface area contributed by atoms with Gasteiger partial charge in [-0.05, 0) is 32.6 Å². The molecule has 1 aromatic rings. The van der Waals surface area contributed by atoms with Crippen LogP contribution in [-0.4, -0.2) is 73.6 Å². The van der Waals surface area contributed by atoms with Crippen LogP contribution in [0.2, 0.25) is 5.02 Å². The number of nitrogens with two attached hydrogens (primary N) is 1. The second-order valence-corrected chi connectivity index (χ2v) is 8.87. The molecule has 5 atom stereocenters. The zero-order valence-electron chi connectivity index (χ0n) is 17.4. The van der Waals surface area contributed by atoms with Crippen molar-refractivity contribution in [1.82, 2.24) is 4.90 Å². The van der Waals surface area contributed by atoms with Crippen LogP contribution in [0.3, 0.4) is 0 Å². The Balaban J connectivity index is 0.00000306. The van der Waals surface area contributed by atoms with Gasteiger partial charge in [-0.2, -0.15) is 0 Å². The molecule has 1 aromatic carbocycles. The van der Waals surface area contributed by atoms with E-state index in [0.717, 1.165) is 0 Å². The van der Waals surface area contributed by atoms with Crippen molar-refractivity contribution in [3.8, 4) is 5.75 Å². The highest BCUT2D eigenvalue weighted by molar-refractivity contribution is 6.32. The fourth-order valence-corrected chi connectivity index (χ4v) is 5.51. The Bertz CT molecular complexity index is 1160. The maximum atomic E-state index is 13.6. The molecule has 1 saturated carbocycles. The minimum Gasteiger partial charge on any atom is -0.508 e. The molecule has 4 rings (SSSR count). The number of hydrogen-bond donors (Lipinski definition) is 6. The summed E-state index contributed by atoms with van der Waals surface area (Å²) in [5.74, 6) is -8.19. The van der Waals surface area contributed by atoms with Gasteiger partial charge in [0.25, 0.3) is 5.91 Å². The van der Waals surface area contributed by atoms with Crippen LogP contribution in [0.15, 0.2) is 29.0 Å². The molecule has 0 saturated heterocycles. The number of aromatic hydroxyl groups is 1. The molecule has 3 unspecified atom stereocenters. The number of carbonyl (C=O) groups excluding carboxylic acids is 3. The van der Waals surface area contributed by atoms with E-state index in [9.17, 15) is 39.9 Å². The van der Waals surface area contributed by atoms with Crippen LogP contribution in [0.1, 0.15) is 23.7 Å². The lowest BCUT2D eigenvalue weighted by atomic mass is 9.57. The number of amides is 1. The maximum absolute atomic E-state index is 13.6. The highest BCUT2D eigenvalue weighted by Crippen LogP contribution is 2.56. The molecule has 12 heteroatoms. The van der Waals surface area contributed by atoms with Gasteiger partial charge in [-0.15, -0.1) is 12.4 Å². The molecule has 178 valence electrons. The molecule has 7 N–H and O–H groups in total. The monoisotopic (exact) mass is 500 g/mol. The number of benzene rings is 1. The number of halogens is 2. The molecule has 10 nitrogen and oxygen atoms in total. The normalized spacial score (nSPS) is 31.1. The van der Waals surface area contributed by atoms with Crippen molar-refractivity contribution >= 4 is 47.2 Å². The lowest BCUT2D eigenvalue weighted by Crippen LogP contribution is -2.66. The quantitative estimate of drug-likeness (QED) is 0.315. The Labute approximate surface area is 199 Å². The van der Waals surface area contributed by atoms with E-state index in [0.29, 0.717) is 0 Å². The Morgan fingerprint density at radius 2 is 1.82 bits per heavy atom. The number of fused-ring (bicyclic) bond motifs is 3. The molecular formula is C21H22Cl2N2O8. The van der Waals surface area contributed by atoms with Crippen LogP contribution in [0.25, 0.3) is 5.76 Å². The van der Waals surface area contributed by atoms with Gasteiger partial charge >= 0.3 is 0 Å². The highest BCUT2D eigenvalue weighted by atomic mass is 35.5. The molecule has 0 bridgehead atoms. The van der Waals surface area contributed by atoms with E-state index in [1.807, 2.05) is 0 Å². The summed E-state index contributed by atoms with van der Waals surface area (Å²) < 4.78 is 0. The molecule has 0 radical (unpaired) electrons. The standard InChI is InChI=1S/C21H21ClN2O8.ClH/c1-24(2)14-7-5-6-10(16(27)12-9(25)4-3-8(22)11(12)15(6)26)18(29)21(7,32)19(30)13(17(14)28)20(23)31;/h3-4,6-7,14-15,25-27,30,32H,5H2,1-2H3,(H2,23,31);1H/t6?,7?,14-,15-,21?;/m1./s1. The number of ketones is 2. The SMILES string of the molecule is CN(C)[C@H]1C(=O)C(C(N)=O)=C(O)C2(O)C(=O)C3=C(O)c4c(O)ccc(Cl)c4[C@H](O)C3CC12.Cl. The van der Waals surface area contributed by atoms with Crippen LogP contribution in [-0.2, 0) is 14.4 Å². The molecule has 3 aliphatic rings. The first kappa shape index (κ1) is 25.0. The summed E-state index contributed by atoms with van der Waals surface area (Å²) in [7, 11) is 2.97. The summed E-state index contributed by atoms with van der Waals surface area (Å²) >= 11 is 6.19. The van der Waals surface area contributed by atoms with Crippen molar-refractivity contribution in [2.75, 3.05) is 14.1 Å². The van der Waals surface area contributed by atoms with Gasteiger partial charge in [-0.25, -0.2) is 0 Å². The minimum atomic E-state index is -2.77. The zero-order chi connectivity index (χ0) is 23.9. The van der Waals surface area contributed by atoms with Gasteiger partial charge < -0.3 is 31.3 Å². The lowest BCUT2D eigenvalue weighted by molar-refractivity contribution is -0.155. The third-order valence-corrected chi connectivity index (χ3v) is 6.97. The second-order valence-electron chi connectivity index (χ2n) is 8.47. The van der Waals surface area contributed by atoms with E-state index in [1.165, 1.54) is 31.1 Å². The van der Waals surface area contributed by atoms with Crippen LogP contribution >= 0.6 is 24.0 Å². The lowest BCUT2D eigenvalue weighted by Gasteiger charge is -2.51. The first-order valence-electron chi connectivity index (χ1n) is 9.69. The number of carbonyl (C=O) groups is 3. The number of aliphatic hydroxyl groups is 4. The van der Waals surface area contributed by atoms with Gasteiger partial charge in [0.1, 0.15) is 22.8 Å². The topological polar surface area (TPSA) is 182 Å². The number of phenols is 1. The second kappa shape index (κ2) is 8.00. The average Bonchev–Trinajstić information content (AvgIpc) is 2.69. The molecule has 3 aliphatic carbocycles. The summed E-state index contributed by atoms with van der Waals surface area (Å²) in [4.78, 5) is 39.8. The van der Waals surface area contributed by atoms with Crippen molar-refractivity contribution in [2.45, 2.75) is 24.2 Å². The Morgan fingerprint density at radius 1 is 1.21 bits per heavy atom. The molecule has 0 spiro atoms. The molecule has 1 fully saturated rings. The zero-order valence-corrected chi connectivity index (χ0v) is 19.0. The predicted molar refractivity (Wildman–Crippen MR) is 118 cm³/mol. The molecule has 0 heterocycles. The van der Waals surface area contributed by atoms with Gasteiger partial charge in [0.05, 0.1) is 17.7 Å². The van der Waals surface area contributed by atoms with E-state index in [2.05, 4.69) is 0 Å². The van der Waals surface area contributed by atoms with Gasteiger partial charge in [-0.3, -0.25) is 19.3 Å². The number of Topliss-reactive ketones (excluding diaryl/α,β-unsaturated/α-hetero) is 2. The number of aliphatic hydroxyl groups excluding tert-OH is 3. The van der Waals surface area contributed by atoms with Crippen molar-refractivity contribution in [2.24, 2.45) is 17.6 Å². The predicted octanol–water partition coefficient (Wildman–Crippen LogP) is 0.530. The van der Waals surface area contributed by atoms with Gasteiger partial charge in [-0.1, -0.05) is 11.6 Å². The first-order valence-corrected chi connectivity index (χ1v) is 10.1. The summed E-state index contributed by atoms with van der Waals surface area (Å²) in [6.07, 6.45) is -1.70. The molecule has 0 aliphatic heterocycles. The number of hydrogen-bond acceptors (Lipinski definition) is 9. The van der Waals surface area contributed by atoms with E-state index in [4.69, 9.17) is 17.3 Å². The van der Waals surface area contributed by atoms with Crippen LogP contribution in [0, 0.1) is 11.8 Å².